The van der Waals surface area contributed by atoms with Crippen molar-refractivity contribution in [2.24, 2.45) is 0 Å². The van der Waals surface area contributed by atoms with E-state index in [2.05, 4.69) is 26.8 Å². The molecule has 0 N–H and O–H groups in total. The van der Waals surface area contributed by atoms with Crippen LogP contribution in [0.1, 0.15) is 65.7 Å². The smallest absolute Gasteiger partial charge is 0.0320 e. The maximum atomic E-state index is 2.39. The first-order valence-corrected chi connectivity index (χ1v) is 5.53. The van der Waals surface area contributed by atoms with Crippen molar-refractivity contribution in [3.05, 3.63) is 11.6 Å². The molecule has 0 heterocycles. The summed E-state index contributed by atoms with van der Waals surface area (Å²) >= 11 is 0. The fourth-order valence-corrected chi connectivity index (χ4v) is 1.49. The molecule has 0 spiro atoms. The summed E-state index contributed by atoms with van der Waals surface area (Å²) in [7, 11) is 0. The molecule has 0 aliphatic heterocycles. The van der Waals surface area contributed by atoms with Crippen LogP contribution in [-0.2, 0) is 0 Å². The van der Waals surface area contributed by atoms with Crippen LogP contribution in [0.4, 0.5) is 0 Å². The fourth-order valence-electron chi connectivity index (χ4n) is 1.49. The molecule has 0 saturated heterocycles. The maximum Gasteiger partial charge on any atom is -0.0320 e. The van der Waals surface area contributed by atoms with E-state index in [1.54, 1.807) is 5.57 Å². The van der Waals surface area contributed by atoms with Crippen LogP contribution in [-0.4, -0.2) is 0 Å². The lowest BCUT2D eigenvalue weighted by molar-refractivity contribution is 0.656. The second-order valence-corrected chi connectivity index (χ2v) is 3.43. The van der Waals surface area contributed by atoms with Gasteiger partial charge >= 0.3 is 0 Å². The summed E-state index contributed by atoms with van der Waals surface area (Å²) in [5, 5.41) is 0. The molecule has 0 fully saturated rings. The lowest BCUT2D eigenvalue weighted by Gasteiger charge is -2.03. The van der Waals surface area contributed by atoms with E-state index in [9.17, 15) is 0 Å². The van der Waals surface area contributed by atoms with E-state index < -0.39 is 0 Å². The highest BCUT2D eigenvalue weighted by atomic mass is 14.0. The Balaban J connectivity index is 3.38. The van der Waals surface area contributed by atoms with Crippen LogP contribution in [0, 0.1) is 0 Å². The van der Waals surface area contributed by atoms with Gasteiger partial charge in [-0.3, -0.25) is 0 Å². The fraction of sp³-hybridized carbons (Fsp3) is 0.833. The quantitative estimate of drug-likeness (QED) is 0.382. The summed E-state index contributed by atoms with van der Waals surface area (Å²) in [6.07, 6.45) is 11.8. The van der Waals surface area contributed by atoms with Crippen LogP contribution in [0.3, 0.4) is 0 Å². The number of hydrogen-bond acceptors (Lipinski definition) is 0. The van der Waals surface area contributed by atoms with Gasteiger partial charge in [-0.25, -0.2) is 0 Å². The van der Waals surface area contributed by atoms with Crippen LogP contribution in [0.2, 0.25) is 0 Å². The molecule has 0 aromatic carbocycles. The van der Waals surface area contributed by atoms with Gasteiger partial charge in [0.25, 0.3) is 0 Å². The van der Waals surface area contributed by atoms with Gasteiger partial charge < -0.3 is 0 Å². The first-order valence-electron chi connectivity index (χ1n) is 5.53. The molecule has 0 aromatic rings. The molecule has 0 aliphatic carbocycles. The molecule has 0 atom stereocenters. The van der Waals surface area contributed by atoms with Crippen molar-refractivity contribution >= 4 is 0 Å². The third-order valence-corrected chi connectivity index (χ3v) is 2.30. The van der Waals surface area contributed by atoms with Gasteiger partial charge in [0, 0.05) is 0 Å². The summed E-state index contributed by atoms with van der Waals surface area (Å²) in [5.74, 6) is 0. The Morgan fingerprint density at radius 3 is 2.25 bits per heavy atom. The molecule has 0 nitrogen and oxygen atoms in total. The minimum atomic E-state index is 1.21. The number of allylic oxidation sites excluding steroid dienone is 2. The Morgan fingerprint density at radius 1 is 1.00 bits per heavy atom. The van der Waals surface area contributed by atoms with Crippen molar-refractivity contribution in [2.45, 2.75) is 65.7 Å². The Morgan fingerprint density at radius 2 is 1.75 bits per heavy atom. The van der Waals surface area contributed by atoms with Crippen LogP contribution in [0.5, 0.6) is 0 Å². The van der Waals surface area contributed by atoms with E-state index in [4.69, 9.17) is 0 Å². The first-order chi connectivity index (χ1) is 5.85. The van der Waals surface area contributed by atoms with E-state index in [1.165, 1.54) is 44.9 Å². The van der Waals surface area contributed by atoms with Crippen molar-refractivity contribution in [1.29, 1.82) is 0 Å². The highest BCUT2D eigenvalue weighted by Crippen LogP contribution is 2.13. The minimum Gasteiger partial charge on any atom is -0.0856 e. The molecule has 0 aliphatic rings. The summed E-state index contributed by atoms with van der Waals surface area (Å²) < 4.78 is 0. The SMILES string of the molecule is CC/C=C(\CC)CCCCCC. The van der Waals surface area contributed by atoms with Crippen LogP contribution in [0.25, 0.3) is 0 Å². The zero-order valence-corrected chi connectivity index (χ0v) is 9.03. The second-order valence-electron chi connectivity index (χ2n) is 3.43. The lowest BCUT2D eigenvalue weighted by atomic mass is 10.0. The summed E-state index contributed by atoms with van der Waals surface area (Å²) in [6.45, 7) is 6.76. The Hall–Kier alpha value is -0.260. The van der Waals surface area contributed by atoms with Gasteiger partial charge in [-0.05, 0) is 25.7 Å². The van der Waals surface area contributed by atoms with E-state index in [0.717, 1.165) is 0 Å². The summed E-state index contributed by atoms with van der Waals surface area (Å²) in [6, 6.07) is 0. The second kappa shape index (κ2) is 8.83. The van der Waals surface area contributed by atoms with Crippen molar-refractivity contribution < 1.29 is 0 Å². The highest BCUT2D eigenvalue weighted by Gasteiger charge is 1.93. The third-order valence-electron chi connectivity index (χ3n) is 2.30. The molecule has 0 heteroatoms. The van der Waals surface area contributed by atoms with Crippen molar-refractivity contribution in [2.75, 3.05) is 0 Å². The molecule has 0 bridgehead atoms. The first kappa shape index (κ1) is 11.7. The van der Waals surface area contributed by atoms with Crippen molar-refractivity contribution in [3.63, 3.8) is 0 Å². The van der Waals surface area contributed by atoms with Crippen molar-refractivity contribution in [3.8, 4) is 0 Å². The third kappa shape index (κ3) is 6.45. The van der Waals surface area contributed by atoms with Gasteiger partial charge in [-0.2, -0.15) is 0 Å². The molecular formula is C12H24. The largest absolute Gasteiger partial charge is 0.0856 e. The number of hydrogen-bond donors (Lipinski definition) is 0. The molecule has 0 rings (SSSR count). The Kier molecular flexibility index (Phi) is 8.64. The van der Waals surface area contributed by atoms with Gasteiger partial charge in [0.1, 0.15) is 0 Å². The van der Waals surface area contributed by atoms with E-state index >= 15 is 0 Å². The molecule has 0 amide bonds. The van der Waals surface area contributed by atoms with E-state index in [1.807, 2.05) is 0 Å². The average molecular weight is 168 g/mol. The number of rotatable bonds is 7. The molecule has 0 aromatic heterocycles. The van der Waals surface area contributed by atoms with E-state index in [-0.39, 0.29) is 0 Å². The van der Waals surface area contributed by atoms with Crippen molar-refractivity contribution in [1.82, 2.24) is 0 Å². The zero-order valence-electron chi connectivity index (χ0n) is 9.03. The Bertz CT molecular complexity index is 111. The predicted molar refractivity (Wildman–Crippen MR) is 57.4 cm³/mol. The molecular weight excluding hydrogens is 144 g/mol. The van der Waals surface area contributed by atoms with Gasteiger partial charge in [0.2, 0.25) is 0 Å². The van der Waals surface area contributed by atoms with Crippen LogP contribution in [0.15, 0.2) is 11.6 Å². The summed E-state index contributed by atoms with van der Waals surface area (Å²) in [5.41, 5.74) is 1.66. The van der Waals surface area contributed by atoms with Gasteiger partial charge in [0.05, 0.1) is 0 Å². The molecule has 0 radical (unpaired) electrons. The maximum absolute atomic E-state index is 2.39. The standard InChI is InChI=1S/C12H24/c1-4-7-8-9-11-12(6-3)10-5-2/h10H,4-9,11H2,1-3H3/b12-10+. The van der Waals surface area contributed by atoms with Gasteiger partial charge in [-0.15, -0.1) is 0 Å². The molecule has 12 heavy (non-hydrogen) atoms. The molecule has 72 valence electrons. The Labute approximate surface area is 78.1 Å². The zero-order chi connectivity index (χ0) is 9.23. The van der Waals surface area contributed by atoms with Crippen LogP contribution < -0.4 is 0 Å². The normalized spacial score (nSPS) is 12.1. The van der Waals surface area contributed by atoms with Gasteiger partial charge in [0.15, 0.2) is 0 Å². The number of unbranched alkanes of at least 4 members (excludes halogenated alkanes) is 3. The summed E-state index contributed by atoms with van der Waals surface area (Å²) in [4.78, 5) is 0. The van der Waals surface area contributed by atoms with Crippen LogP contribution >= 0.6 is 0 Å². The molecule has 0 unspecified atom stereocenters. The average Bonchev–Trinajstić information content (AvgIpc) is 2.10. The highest BCUT2D eigenvalue weighted by molar-refractivity contribution is 5.00. The lowest BCUT2D eigenvalue weighted by Crippen LogP contribution is -1.83. The van der Waals surface area contributed by atoms with E-state index in [0.29, 0.717) is 0 Å². The molecule has 0 saturated carbocycles. The monoisotopic (exact) mass is 168 g/mol. The van der Waals surface area contributed by atoms with Gasteiger partial charge in [-0.1, -0.05) is 51.7 Å². The topological polar surface area (TPSA) is 0 Å². The predicted octanol–water partition coefficient (Wildman–Crippen LogP) is 4.70. The minimum absolute atomic E-state index is 1.21.